The summed E-state index contributed by atoms with van der Waals surface area (Å²) in [5.41, 5.74) is 2.53. The standard InChI is InChI=1S/C29H32O11/c1-14(30)36-11-17(40-15(2)31)8-18-19-9-22-23(39-13-38-22)10-20(19)26(27-21(18)12-37-29(27)32)16-6-24(33-3)28(35-5)25(7-16)34-4/h6-7,9-10,17-18,21,26-27H,8,11-13H2,1-5H3/t17?,18-,21?,26-,27+/m1/s1. The molecule has 3 aliphatic rings. The first-order chi connectivity index (χ1) is 19.2. The van der Waals surface area contributed by atoms with Crippen molar-refractivity contribution >= 4 is 17.9 Å². The zero-order valence-electron chi connectivity index (χ0n) is 23.0. The molecule has 11 nitrogen and oxygen atoms in total. The lowest BCUT2D eigenvalue weighted by Gasteiger charge is -2.40. The third-order valence-electron chi connectivity index (χ3n) is 7.71. The molecular formula is C29H32O11. The second-order valence-corrected chi connectivity index (χ2v) is 9.97. The fourth-order valence-corrected chi connectivity index (χ4v) is 6.14. The number of hydrogen-bond donors (Lipinski definition) is 0. The first-order valence-electron chi connectivity index (χ1n) is 13.0. The molecule has 0 N–H and O–H groups in total. The van der Waals surface area contributed by atoms with Gasteiger partial charge in [-0.25, -0.2) is 0 Å². The molecule has 40 heavy (non-hydrogen) atoms. The summed E-state index contributed by atoms with van der Waals surface area (Å²) in [6.07, 6.45) is -0.419. The maximum Gasteiger partial charge on any atom is 0.310 e. The third kappa shape index (κ3) is 4.96. The highest BCUT2D eigenvalue weighted by Gasteiger charge is 2.53. The van der Waals surface area contributed by atoms with Gasteiger partial charge < -0.3 is 37.9 Å². The van der Waals surface area contributed by atoms with Crippen LogP contribution in [0.5, 0.6) is 28.7 Å². The van der Waals surface area contributed by atoms with Crippen molar-refractivity contribution in [1.29, 1.82) is 0 Å². The maximum atomic E-state index is 13.4. The van der Waals surface area contributed by atoms with Crippen LogP contribution < -0.4 is 23.7 Å². The number of benzene rings is 2. The smallest absolute Gasteiger partial charge is 0.310 e. The number of hydrogen-bond acceptors (Lipinski definition) is 11. The molecule has 2 aromatic rings. The van der Waals surface area contributed by atoms with Crippen molar-refractivity contribution in [3.05, 3.63) is 41.0 Å². The van der Waals surface area contributed by atoms with Crippen LogP contribution in [0.3, 0.4) is 0 Å². The number of ether oxygens (including phenoxy) is 8. The number of carbonyl (C=O) groups excluding carboxylic acids is 3. The Kier molecular flexibility index (Phi) is 7.64. The lowest BCUT2D eigenvalue weighted by molar-refractivity contribution is -0.157. The molecular weight excluding hydrogens is 524 g/mol. The van der Waals surface area contributed by atoms with Gasteiger partial charge in [-0.1, -0.05) is 0 Å². The molecule has 1 fully saturated rings. The van der Waals surface area contributed by atoms with Crippen LogP contribution in [0.1, 0.15) is 48.8 Å². The van der Waals surface area contributed by atoms with Crippen molar-refractivity contribution < 1.29 is 52.3 Å². The number of esters is 3. The molecule has 0 amide bonds. The van der Waals surface area contributed by atoms with E-state index in [1.165, 1.54) is 35.2 Å². The molecule has 0 radical (unpaired) electrons. The monoisotopic (exact) mass is 556 g/mol. The van der Waals surface area contributed by atoms with Gasteiger partial charge in [0.05, 0.1) is 33.9 Å². The van der Waals surface area contributed by atoms with Gasteiger partial charge in [-0.2, -0.15) is 0 Å². The van der Waals surface area contributed by atoms with Crippen molar-refractivity contribution in [3.8, 4) is 28.7 Å². The highest BCUT2D eigenvalue weighted by molar-refractivity contribution is 5.79. The van der Waals surface area contributed by atoms with E-state index in [0.29, 0.717) is 35.2 Å². The predicted molar refractivity (Wildman–Crippen MR) is 138 cm³/mol. The van der Waals surface area contributed by atoms with E-state index in [2.05, 4.69) is 0 Å². The van der Waals surface area contributed by atoms with E-state index in [1.54, 1.807) is 0 Å². The van der Waals surface area contributed by atoms with Gasteiger partial charge in [-0.15, -0.1) is 0 Å². The predicted octanol–water partition coefficient (Wildman–Crippen LogP) is 3.34. The van der Waals surface area contributed by atoms with Gasteiger partial charge in [-0.05, 0) is 53.3 Å². The summed E-state index contributed by atoms with van der Waals surface area (Å²) in [6, 6.07) is 7.49. The summed E-state index contributed by atoms with van der Waals surface area (Å²) in [5.74, 6) is -0.345. The number of rotatable bonds is 9. The van der Waals surface area contributed by atoms with E-state index < -0.39 is 29.9 Å². The molecule has 5 rings (SSSR count). The minimum atomic E-state index is -0.723. The fourth-order valence-electron chi connectivity index (χ4n) is 6.14. The van der Waals surface area contributed by atoms with Gasteiger partial charge in [0.1, 0.15) is 12.7 Å². The summed E-state index contributed by atoms with van der Waals surface area (Å²) in [4.78, 5) is 36.8. The Bertz CT molecular complexity index is 1290. The topological polar surface area (TPSA) is 125 Å². The average molecular weight is 557 g/mol. The fraction of sp³-hybridized carbons (Fsp3) is 0.483. The van der Waals surface area contributed by atoms with E-state index in [1.807, 2.05) is 24.3 Å². The van der Waals surface area contributed by atoms with E-state index in [9.17, 15) is 14.4 Å². The van der Waals surface area contributed by atoms with Gasteiger partial charge >= 0.3 is 17.9 Å². The van der Waals surface area contributed by atoms with Gasteiger partial charge in [0.25, 0.3) is 0 Å². The Balaban J connectivity index is 1.66. The summed E-state index contributed by atoms with van der Waals surface area (Å²) in [7, 11) is 4.60. The van der Waals surface area contributed by atoms with Crippen LogP contribution in [0.15, 0.2) is 24.3 Å². The Morgan fingerprint density at radius 3 is 2.12 bits per heavy atom. The largest absolute Gasteiger partial charge is 0.493 e. The van der Waals surface area contributed by atoms with Crippen molar-refractivity contribution in [2.45, 2.75) is 38.2 Å². The molecule has 1 saturated heterocycles. The molecule has 2 unspecified atom stereocenters. The first-order valence-corrected chi connectivity index (χ1v) is 13.0. The van der Waals surface area contributed by atoms with Crippen molar-refractivity contribution in [2.75, 3.05) is 41.3 Å². The van der Waals surface area contributed by atoms with Crippen molar-refractivity contribution in [1.82, 2.24) is 0 Å². The molecule has 0 bridgehead atoms. The first kappa shape index (κ1) is 27.4. The van der Waals surface area contributed by atoms with Gasteiger partial charge in [-0.3, -0.25) is 14.4 Å². The molecule has 0 spiro atoms. The molecule has 0 saturated carbocycles. The minimum absolute atomic E-state index is 0.0785. The summed E-state index contributed by atoms with van der Waals surface area (Å²) in [6.45, 7) is 2.76. The normalized spacial score (nSPS) is 22.9. The van der Waals surface area contributed by atoms with Crippen LogP contribution in [0.25, 0.3) is 0 Å². The van der Waals surface area contributed by atoms with Crippen LogP contribution in [0.2, 0.25) is 0 Å². The van der Waals surface area contributed by atoms with Crippen LogP contribution in [0, 0.1) is 11.8 Å². The quantitative estimate of drug-likeness (QED) is 0.334. The molecule has 11 heteroatoms. The molecule has 1 aliphatic carbocycles. The van der Waals surface area contributed by atoms with Crippen LogP contribution in [-0.4, -0.2) is 65.3 Å². The van der Waals surface area contributed by atoms with Gasteiger partial charge in [0.2, 0.25) is 12.5 Å². The lowest BCUT2D eigenvalue weighted by atomic mass is 9.61. The summed E-state index contributed by atoms with van der Waals surface area (Å²) in [5, 5.41) is 0. The second kappa shape index (κ2) is 11.1. The molecule has 2 aromatic carbocycles. The zero-order valence-corrected chi connectivity index (χ0v) is 23.0. The molecule has 2 aliphatic heterocycles. The SMILES string of the molecule is COc1cc([C@@H]2c3cc4c(cc3[C@@H](CC(COC(C)=O)OC(C)=O)C3COC(=O)[C@@H]32)OCO4)cc(OC)c1OC. The number of carbonyl (C=O) groups is 3. The number of methoxy groups -OCH3 is 3. The van der Waals surface area contributed by atoms with Crippen LogP contribution in [0.4, 0.5) is 0 Å². The Labute approximate surface area is 231 Å². The third-order valence-corrected chi connectivity index (χ3v) is 7.71. The summed E-state index contributed by atoms with van der Waals surface area (Å²) >= 11 is 0. The number of cyclic esters (lactones) is 1. The Hall–Kier alpha value is -4.15. The van der Waals surface area contributed by atoms with Crippen LogP contribution in [-0.2, 0) is 28.6 Å². The van der Waals surface area contributed by atoms with Gasteiger partial charge in [0.15, 0.2) is 23.0 Å². The lowest BCUT2D eigenvalue weighted by Crippen LogP contribution is -2.37. The Morgan fingerprint density at radius 1 is 0.900 bits per heavy atom. The maximum absolute atomic E-state index is 13.4. The molecule has 214 valence electrons. The van der Waals surface area contributed by atoms with Crippen molar-refractivity contribution in [2.24, 2.45) is 11.8 Å². The van der Waals surface area contributed by atoms with E-state index in [4.69, 9.17) is 37.9 Å². The number of fused-ring (bicyclic) bond motifs is 3. The van der Waals surface area contributed by atoms with Crippen LogP contribution >= 0.6 is 0 Å². The van der Waals surface area contributed by atoms with E-state index >= 15 is 0 Å². The molecule has 0 aromatic heterocycles. The average Bonchev–Trinajstić information content (AvgIpc) is 3.55. The molecule has 2 heterocycles. The Morgan fingerprint density at radius 2 is 1.55 bits per heavy atom. The zero-order chi connectivity index (χ0) is 28.6. The summed E-state index contributed by atoms with van der Waals surface area (Å²) < 4.78 is 44.6. The molecule has 5 atom stereocenters. The minimum Gasteiger partial charge on any atom is -0.493 e. The van der Waals surface area contributed by atoms with Crippen molar-refractivity contribution in [3.63, 3.8) is 0 Å². The van der Waals surface area contributed by atoms with Gasteiger partial charge in [0, 0.05) is 25.7 Å². The van der Waals surface area contributed by atoms with E-state index in [-0.39, 0.29) is 37.8 Å². The highest BCUT2D eigenvalue weighted by atomic mass is 16.7. The van der Waals surface area contributed by atoms with E-state index in [0.717, 1.165) is 16.7 Å². The highest BCUT2D eigenvalue weighted by Crippen LogP contribution is 2.57. The second-order valence-electron chi connectivity index (χ2n) is 9.97.